The van der Waals surface area contributed by atoms with Gasteiger partial charge < -0.3 is 9.64 Å². The van der Waals surface area contributed by atoms with Gasteiger partial charge in [-0.15, -0.1) is 0 Å². The number of carbonyl (C=O) groups is 1. The van der Waals surface area contributed by atoms with Crippen molar-refractivity contribution in [1.29, 1.82) is 0 Å². The molecule has 1 amide bonds. The molecule has 0 fully saturated rings. The van der Waals surface area contributed by atoms with Crippen molar-refractivity contribution in [1.82, 2.24) is 4.90 Å². The van der Waals surface area contributed by atoms with Gasteiger partial charge in [0, 0.05) is 24.3 Å². The molecule has 1 unspecified atom stereocenters. The molecule has 0 bridgehead atoms. The lowest BCUT2D eigenvalue weighted by atomic mass is 10.1. The van der Waals surface area contributed by atoms with Crippen LogP contribution in [0, 0.1) is 5.82 Å². The molecule has 0 aromatic heterocycles. The van der Waals surface area contributed by atoms with Crippen molar-refractivity contribution in [2.75, 3.05) is 4.72 Å². The summed E-state index contributed by atoms with van der Waals surface area (Å²) in [5.41, 5.74) is 1.85. The molecule has 3 aromatic carbocycles. The van der Waals surface area contributed by atoms with Gasteiger partial charge in [-0.2, -0.15) is 0 Å². The van der Waals surface area contributed by atoms with Gasteiger partial charge in [-0.1, -0.05) is 37.3 Å². The van der Waals surface area contributed by atoms with E-state index in [4.69, 9.17) is 4.74 Å². The molecule has 1 aliphatic heterocycles. The summed E-state index contributed by atoms with van der Waals surface area (Å²) in [7, 11) is -3.75. The molecule has 32 heavy (non-hydrogen) atoms. The van der Waals surface area contributed by atoms with Gasteiger partial charge in [-0.25, -0.2) is 12.8 Å². The molecular formula is C24H23FN2O4S. The molecule has 1 aliphatic rings. The van der Waals surface area contributed by atoms with Gasteiger partial charge in [0.25, 0.3) is 15.9 Å². The molecule has 1 N–H and O–H groups in total. The Morgan fingerprint density at radius 1 is 1.06 bits per heavy atom. The topological polar surface area (TPSA) is 75.7 Å². The molecule has 0 radical (unpaired) electrons. The minimum Gasteiger partial charge on any atom is -0.480 e. The highest BCUT2D eigenvalue weighted by Crippen LogP contribution is 2.31. The maximum Gasteiger partial charge on any atom is 0.264 e. The number of anilines is 1. The Bertz CT molecular complexity index is 1210. The second-order valence-electron chi connectivity index (χ2n) is 7.58. The van der Waals surface area contributed by atoms with Crippen LogP contribution in [0.2, 0.25) is 0 Å². The third-order valence-corrected chi connectivity index (χ3v) is 6.64. The van der Waals surface area contributed by atoms with E-state index >= 15 is 0 Å². The molecule has 166 valence electrons. The number of hydrogen-bond acceptors (Lipinski definition) is 4. The normalized spacial score (nSPS) is 16.1. The van der Waals surface area contributed by atoms with Crippen molar-refractivity contribution in [3.05, 3.63) is 89.7 Å². The van der Waals surface area contributed by atoms with Gasteiger partial charge in [0.05, 0.1) is 4.90 Å². The summed E-state index contributed by atoms with van der Waals surface area (Å²) in [5, 5.41) is 0. The molecule has 1 heterocycles. The maximum absolute atomic E-state index is 13.3. The molecule has 0 saturated heterocycles. The number of carbonyl (C=O) groups excluding carboxylic acids is 1. The number of fused-ring (bicyclic) bond motifs is 1. The minimum atomic E-state index is -3.75. The fourth-order valence-corrected chi connectivity index (χ4v) is 4.66. The zero-order chi connectivity index (χ0) is 22.7. The molecule has 6 nitrogen and oxygen atoms in total. The number of ether oxygens (including phenoxy) is 1. The van der Waals surface area contributed by atoms with Gasteiger partial charge in [0.1, 0.15) is 11.6 Å². The first kappa shape index (κ1) is 21.8. The highest BCUT2D eigenvalue weighted by Gasteiger charge is 2.30. The van der Waals surface area contributed by atoms with Crippen LogP contribution in [0.1, 0.15) is 24.5 Å². The SMILES string of the molecule is CCC1Oc2ccc(NS(=O)(=O)c3ccccc3)cc2CN(Cc2ccc(F)cc2)C1=O. The summed E-state index contributed by atoms with van der Waals surface area (Å²) in [6.45, 7) is 2.40. The molecule has 8 heteroatoms. The zero-order valence-corrected chi connectivity index (χ0v) is 18.3. The lowest BCUT2D eigenvalue weighted by Gasteiger charge is -2.23. The van der Waals surface area contributed by atoms with Crippen LogP contribution in [-0.4, -0.2) is 25.3 Å². The third kappa shape index (κ3) is 4.75. The van der Waals surface area contributed by atoms with E-state index in [2.05, 4.69) is 4.72 Å². The minimum absolute atomic E-state index is 0.158. The summed E-state index contributed by atoms with van der Waals surface area (Å²) >= 11 is 0. The quantitative estimate of drug-likeness (QED) is 0.602. The summed E-state index contributed by atoms with van der Waals surface area (Å²) in [6, 6.07) is 19.1. The van der Waals surface area contributed by atoms with Crippen LogP contribution in [0.15, 0.2) is 77.7 Å². The molecule has 0 spiro atoms. The number of hydrogen-bond donors (Lipinski definition) is 1. The summed E-state index contributed by atoms with van der Waals surface area (Å²) < 4.78 is 47.2. The highest BCUT2D eigenvalue weighted by molar-refractivity contribution is 7.92. The lowest BCUT2D eigenvalue weighted by Crippen LogP contribution is -2.38. The number of nitrogens with one attached hydrogen (secondary N) is 1. The van der Waals surface area contributed by atoms with Crippen LogP contribution < -0.4 is 9.46 Å². The van der Waals surface area contributed by atoms with E-state index in [0.29, 0.717) is 30.0 Å². The first-order valence-electron chi connectivity index (χ1n) is 10.3. The van der Waals surface area contributed by atoms with Gasteiger partial charge >= 0.3 is 0 Å². The average Bonchev–Trinajstić information content (AvgIpc) is 2.92. The molecule has 0 aliphatic carbocycles. The van der Waals surface area contributed by atoms with E-state index in [1.807, 2.05) is 6.92 Å². The number of rotatable bonds is 6. The Kier molecular flexibility index (Phi) is 6.14. The summed E-state index contributed by atoms with van der Waals surface area (Å²) in [5.74, 6) is 0.0281. The van der Waals surface area contributed by atoms with Crippen molar-refractivity contribution in [2.24, 2.45) is 0 Å². The van der Waals surface area contributed by atoms with Crippen LogP contribution in [0.25, 0.3) is 0 Å². The van der Waals surface area contributed by atoms with Crippen molar-refractivity contribution in [3.63, 3.8) is 0 Å². The number of benzene rings is 3. The summed E-state index contributed by atoms with van der Waals surface area (Å²) in [4.78, 5) is 14.8. The van der Waals surface area contributed by atoms with Crippen molar-refractivity contribution in [3.8, 4) is 5.75 Å². The Labute approximate surface area is 186 Å². The first-order valence-corrected chi connectivity index (χ1v) is 11.7. The van der Waals surface area contributed by atoms with Crippen molar-refractivity contribution >= 4 is 21.6 Å². The molecule has 0 saturated carbocycles. The lowest BCUT2D eigenvalue weighted by molar-refractivity contribution is -0.139. The van der Waals surface area contributed by atoms with Crippen LogP contribution in [-0.2, 0) is 27.9 Å². The largest absolute Gasteiger partial charge is 0.480 e. The monoisotopic (exact) mass is 454 g/mol. The zero-order valence-electron chi connectivity index (χ0n) is 17.5. The fraction of sp³-hybridized carbons (Fsp3) is 0.208. The highest BCUT2D eigenvalue weighted by atomic mass is 32.2. The first-order chi connectivity index (χ1) is 15.4. The maximum atomic E-state index is 13.3. The van der Waals surface area contributed by atoms with E-state index < -0.39 is 16.1 Å². The van der Waals surface area contributed by atoms with E-state index in [0.717, 1.165) is 5.56 Å². The van der Waals surface area contributed by atoms with Gasteiger partial charge in [-0.3, -0.25) is 9.52 Å². The van der Waals surface area contributed by atoms with Crippen molar-refractivity contribution in [2.45, 2.75) is 37.4 Å². The smallest absolute Gasteiger partial charge is 0.264 e. The second kappa shape index (κ2) is 9.00. The predicted molar refractivity (Wildman–Crippen MR) is 119 cm³/mol. The molecule has 3 aromatic rings. The molecule has 4 rings (SSSR count). The van der Waals surface area contributed by atoms with E-state index in [9.17, 15) is 17.6 Å². The van der Waals surface area contributed by atoms with Crippen LogP contribution >= 0.6 is 0 Å². The number of sulfonamides is 1. The fourth-order valence-electron chi connectivity index (χ4n) is 3.59. The van der Waals surface area contributed by atoms with Crippen LogP contribution in [0.5, 0.6) is 5.75 Å². The molecule has 1 atom stereocenters. The Morgan fingerprint density at radius 2 is 1.78 bits per heavy atom. The number of nitrogens with zero attached hydrogens (tertiary/aromatic N) is 1. The molecular weight excluding hydrogens is 431 g/mol. The Morgan fingerprint density at radius 3 is 2.47 bits per heavy atom. The average molecular weight is 455 g/mol. The van der Waals surface area contributed by atoms with E-state index in [1.165, 1.54) is 24.3 Å². The number of amides is 1. The Hall–Kier alpha value is -3.39. The second-order valence-corrected chi connectivity index (χ2v) is 9.26. The van der Waals surface area contributed by atoms with E-state index in [1.54, 1.807) is 53.4 Å². The van der Waals surface area contributed by atoms with Gasteiger partial charge in [0.2, 0.25) is 0 Å². The summed E-state index contributed by atoms with van der Waals surface area (Å²) in [6.07, 6.45) is -0.163. The van der Waals surface area contributed by atoms with Crippen LogP contribution in [0.3, 0.4) is 0 Å². The predicted octanol–water partition coefficient (Wildman–Crippen LogP) is 4.33. The standard InChI is InChI=1S/C24H23FN2O4S/c1-2-22-24(28)27(15-17-8-10-19(25)11-9-17)16-18-14-20(12-13-23(18)31-22)26-32(29,30)21-6-4-3-5-7-21/h3-14,22,26H,2,15-16H2,1H3. The number of halogens is 1. The van der Waals surface area contributed by atoms with E-state index in [-0.39, 0.29) is 23.2 Å². The van der Waals surface area contributed by atoms with Gasteiger partial charge in [-0.05, 0) is 54.4 Å². The Balaban J connectivity index is 1.62. The van der Waals surface area contributed by atoms with Crippen LogP contribution in [0.4, 0.5) is 10.1 Å². The van der Waals surface area contributed by atoms with Gasteiger partial charge in [0.15, 0.2) is 6.10 Å². The van der Waals surface area contributed by atoms with Crippen molar-refractivity contribution < 1.29 is 22.3 Å². The third-order valence-electron chi connectivity index (χ3n) is 5.24.